The molecule has 0 bridgehead atoms. The summed E-state index contributed by atoms with van der Waals surface area (Å²) in [4.78, 5) is 42.4. The molecule has 1 aliphatic rings. The van der Waals surface area contributed by atoms with Gasteiger partial charge < -0.3 is 4.74 Å². The number of hydrogen-bond acceptors (Lipinski definition) is 4. The van der Waals surface area contributed by atoms with Crippen molar-refractivity contribution < 1.29 is 19.1 Å². The summed E-state index contributed by atoms with van der Waals surface area (Å²) >= 11 is 6.49. The van der Waals surface area contributed by atoms with Gasteiger partial charge in [-0.3, -0.25) is 9.59 Å². The molecule has 1 aliphatic heterocycles. The van der Waals surface area contributed by atoms with Gasteiger partial charge in [-0.25, -0.2) is 14.6 Å². The summed E-state index contributed by atoms with van der Waals surface area (Å²) in [6.07, 6.45) is 1.44. The Hall–Kier alpha value is -4.68. The predicted octanol–water partition coefficient (Wildman–Crippen LogP) is 6.81. The molecule has 38 heavy (non-hydrogen) atoms. The number of aryl methyl sites for hydroxylation is 1. The molecule has 188 valence electrons. The van der Waals surface area contributed by atoms with Crippen LogP contribution in [0.5, 0.6) is 5.75 Å². The fourth-order valence-corrected chi connectivity index (χ4v) is 4.44. The summed E-state index contributed by atoms with van der Waals surface area (Å²) in [5.74, 6) is -0.952. The van der Waals surface area contributed by atoms with Gasteiger partial charge in [0.15, 0.2) is 0 Å². The van der Waals surface area contributed by atoms with Gasteiger partial charge >= 0.3 is 6.03 Å². The minimum atomic E-state index is -0.743. The van der Waals surface area contributed by atoms with Crippen LogP contribution in [0.1, 0.15) is 16.7 Å². The summed E-state index contributed by atoms with van der Waals surface area (Å²) < 4.78 is 5.88. The van der Waals surface area contributed by atoms with Crippen LogP contribution in [0.25, 0.3) is 6.08 Å². The lowest BCUT2D eigenvalue weighted by molar-refractivity contribution is -0.121. The van der Waals surface area contributed by atoms with E-state index in [0.29, 0.717) is 34.3 Å². The normalized spacial score (nSPS) is 13.6. The molecule has 7 heteroatoms. The Labute approximate surface area is 225 Å². The number of anilines is 2. The van der Waals surface area contributed by atoms with Crippen molar-refractivity contribution in [3.05, 3.63) is 130 Å². The molecule has 4 amide bonds. The zero-order valence-electron chi connectivity index (χ0n) is 20.5. The Morgan fingerprint density at radius 3 is 1.89 bits per heavy atom. The monoisotopic (exact) mass is 522 g/mol. The number of ether oxygens (including phenoxy) is 1. The van der Waals surface area contributed by atoms with Crippen LogP contribution in [0.4, 0.5) is 16.2 Å². The number of carbonyl (C=O) groups is 3. The maximum absolute atomic E-state index is 13.5. The maximum atomic E-state index is 13.5. The van der Waals surface area contributed by atoms with Crippen molar-refractivity contribution in [3.63, 3.8) is 0 Å². The highest BCUT2D eigenvalue weighted by Crippen LogP contribution is 2.31. The fraction of sp³-hybridized carbons (Fsp3) is 0.0645. The molecule has 0 N–H and O–H groups in total. The van der Waals surface area contributed by atoms with Crippen molar-refractivity contribution >= 4 is 46.9 Å². The van der Waals surface area contributed by atoms with E-state index < -0.39 is 17.8 Å². The number of imide groups is 2. The third-order valence-electron chi connectivity index (χ3n) is 6.02. The molecule has 1 fully saturated rings. The van der Waals surface area contributed by atoms with Gasteiger partial charge in [-0.2, -0.15) is 0 Å². The van der Waals surface area contributed by atoms with Gasteiger partial charge in [-0.1, -0.05) is 83.9 Å². The number of urea groups is 1. The van der Waals surface area contributed by atoms with Crippen LogP contribution in [-0.2, 0) is 16.2 Å². The summed E-state index contributed by atoms with van der Waals surface area (Å²) in [6, 6.07) is 29.3. The van der Waals surface area contributed by atoms with Gasteiger partial charge in [0.25, 0.3) is 11.8 Å². The molecule has 1 saturated heterocycles. The van der Waals surface area contributed by atoms with Crippen molar-refractivity contribution in [3.8, 4) is 5.75 Å². The van der Waals surface area contributed by atoms with Crippen LogP contribution in [0.2, 0.25) is 5.02 Å². The lowest BCUT2D eigenvalue weighted by atomic mass is 10.0. The fourth-order valence-electron chi connectivity index (χ4n) is 4.19. The van der Waals surface area contributed by atoms with E-state index in [1.54, 1.807) is 78.9 Å². The maximum Gasteiger partial charge on any atom is 0.343 e. The highest BCUT2D eigenvalue weighted by Gasteiger charge is 2.43. The average molecular weight is 523 g/mol. The lowest BCUT2D eigenvalue weighted by Gasteiger charge is -2.33. The Balaban J connectivity index is 1.48. The predicted molar refractivity (Wildman–Crippen MR) is 148 cm³/mol. The van der Waals surface area contributed by atoms with Crippen LogP contribution in [-0.4, -0.2) is 17.8 Å². The van der Waals surface area contributed by atoms with Crippen molar-refractivity contribution in [1.29, 1.82) is 0 Å². The van der Waals surface area contributed by atoms with Crippen LogP contribution in [0.15, 0.2) is 109 Å². The van der Waals surface area contributed by atoms with Crippen LogP contribution >= 0.6 is 11.6 Å². The number of barbiturate groups is 1. The topological polar surface area (TPSA) is 66.9 Å². The van der Waals surface area contributed by atoms with Gasteiger partial charge in [0.2, 0.25) is 0 Å². The average Bonchev–Trinajstić information content (AvgIpc) is 2.92. The zero-order valence-corrected chi connectivity index (χ0v) is 21.3. The van der Waals surface area contributed by atoms with Crippen LogP contribution in [0.3, 0.4) is 0 Å². The second kappa shape index (κ2) is 10.7. The molecule has 0 aromatic heterocycles. The number of carbonyl (C=O) groups excluding carboxylic acids is 3. The smallest absolute Gasteiger partial charge is 0.343 e. The van der Waals surface area contributed by atoms with E-state index in [1.165, 1.54) is 6.08 Å². The number of rotatable bonds is 6. The Kier molecular flexibility index (Phi) is 7.07. The minimum Gasteiger partial charge on any atom is -0.487 e. The molecule has 0 radical (unpaired) electrons. The molecule has 4 aromatic rings. The number of hydrogen-bond donors (Lipinski definition) is 0. The third kappa shape index (κ3) is 5.08. The quantitative estimate of drug-likeness (QED) is 0.206. The lowest BCUT2D eigenvalue weighted by Crippen LogP contribution is -2.57. The van der Waals surface area contributed by atoms with Gasteiger partial charge in [-0.15, -0.1) is 0 Å². The van der Waals surface area contributed by atoms with E-state index in [-0.39, 0.29) is 5.57 Å². The van der Waals surface area contributed by atoms with Gasteiger partial charge in [0, 0.05) is 0 Å². The second-order valence-electron chi connectivity index (χ2n) is 8.76. The van der Waals surface area contributed by atoms with E-state index in [0.717, 1.165) is 20.9 Å². The van der Waals surface area contributed by atoms with Crippen LogP contribution in [0, 0.1) is 6.92 Å². The summed E-state index contributed by atoms with van der Waals surface area (Å²) in [6.45, 7) is 2.36. The number of amides is 4. The Bertz CT molecular complexity index is 1490. The molecular formula is C31H23ClN2O4. The molecule has 0 saturated carbocycles. The Morgan fingerprint density at radius 2 is 1.34 bits per heavy atom. The first-order valence-electron chi connectivity index (χ1n) is 11.9. The zero-order chi connectivity index (χ0) is 26.6. The molecule has 0 unspecified atom stereocenters. The van der Waals surface area contributed by atoms with Crippen LogP contribution < -0.4 is 14.5 Å². The van der Waals surface area contributed by atoms with Gasteiger partial charge in [-0.05, 0) is 60.5 Å². The number of halogens is 1. The highest BCUT2D eigenvalue weighted by atomic mass is 35.5. The molecular weight excluding hydrogens is 500 g/mol. The van der Waals surface area contributed by atoms with E-state index in [2.05, 4.69) is 0 Å². The summed E-state index contributed by atoms with van der Waals surface area (Å²) in [7, 11) is 0. The second-order valence-corrected chi connectivity index (χ2v) is 9.17. The third-order valence-corrected chi connectivity index (χ3v) is 6.32. The molecule has 0 spiro atoms. The van der Waals surface area contributed by atoms with Gasteiger partial charge in [0.1, 0.15) is 17.9 Å². The minimum absolute atomic E-state index is 0.165. The van der Waals surface area contributed by atoms with Crippen molar-refractivity contribution in [2.24, 2.45) is 0 Å². The first-order valence-corrected chi connectivity index (χ1v) is 12.3. The van der Waals surface area contributed by atoms with Crippen molar-refractivity contribution in [2.75, 3.05) is 9.80 Å². The first kappa shape index (κ1) is 25.0. The molecule has 4 aromatic carbocycles. The highest BCUT2D eigenvalue weighted by molar-refractivity contribution is 6.46. The SMILES string of the molecule is Cc1cccc(COc2ccc(C=C3C(=O)N(c4ccccc4)C(=O)N(c4ccccc4)C3=O)cc2Cl)c1. The number of para-hydroxylation sites is 2. The number of benzene rings is 4. The molecule has 0 atom stereocenters. The van der Waals surface area contributed by atoms with E-state index in [9.17, 15) is 14.4 Å². The Morgan fingerprint density at radius 1 is 0.737 bits per heavy atom. The largest absolute Gasteiger partial charge is 0.487 e. The van der Waals surface area contributed by atoms with E-state index >= 15 is 0 Å². The van der Waals surface area contributed by atoms with E-state index in [1.807, 2.05) is 31.2 Å². The van der Waals surface area contributed by atoms with Crippen molar-refractivity contribution in [2.45, 2.75) is 13.5 Å². The van der Waals surface area contributed by atoms with E-state index in [4.69, 9.17) is 16.3 Å². The van der Waals surface area contributed by atoms with Gasteiger partial charge in [0.05, 0.1) is 16.4 Å². The molecule has 5 rings (SSSR count). The van der Waals surface area contributed by atoms with Crippen molar-refractivity contribution in [1.82, 2.24) is 0 Å². The molecule has 1 heterocycles. The standard InChI is InChI=1S/C31H23ClN2O4/c1-21-9-8-10-23(17-21)20-38-28-16-15-22(19-27(28)32)18-26-29(35)33(24-11-4-2-5-12-24)31(37)34(30(26)36)25-13-6-3-7-14-25/h2-19H,20H2,1H3. The number of nitrogens with zero attached hydrogens (tertiary/aromatic N) is 2. The summed E-state index contributed by atoms with van der Waals surface area (Å²) in [5, 5.41) is 0.332. The molecule has 0 aliphatic carbocycles. The first-order chi connectivity index (χ1) is 18.4. The molecule has 6 nitrogen and oxygen atoms in total. The summed E-state index contributed by atoms with van der Waals surface area (Å²) in [5.41, 5.74) is 3.22.